The van der Waals surface area contributed by atoms with Crippen LogP contribution in [0.25, 0.3) is 0 Å². The molecule has 0 unspecified atom stereocenters. The van der Waals surface area contributed by atoms with Gasteiger partial charge in [0, 0.05) is 26.7 Å². The maximum atomic E-state index is 12.8. The van der Waals surface area contributed by atoms with Gasteiger partial charge in [-0.25, -0.2) is 0 Å². The summed E-state index contributed by atoms with van der Waals surface area (Å²) < 4.78 is 0. The van der Waals surface area contributed by atoms with Crippen LogP contribution >= 0.6 is 0 Å². The Morgan fingerprint density at radius 3 is 2.32 bits per heavy atom. The lowest BCUT2D eigenvalue weighted by Gasteiger charge is -2.31. The predicted octanol–water partition coefficient (Wildman–Crippen LogP) is 2.44. The number of hydrogen-bond donors (Lipinski definition) is 0. The summed E-state index contributed by atoms with van der Waals surface area (Å²) in [4.78, 5) is 29.2. The molecule has 2 fully saturated rings. The zero-order valence-electron chi connectivity index (χ0n) is 13.3. The summed E-state index contributed by atoms with van der Waals surface area (Å²) in [5.74, 6) is 0.0593. The summed E-state index contributed by atoms with van der Waals surface area (Å²) >= 11 is 0. The van der Waals surface area contributed by atoms with Crippen molar-refractivity contribution in [1.29, 1.82) is 0 Å². The van der Waals surface area contributed by atoms with Crippen molar-refractivity contribution in [2.75, 3.05) is 20.1 Å². The Kier molecular flexibility index (Phi) is 4.19. The summed E-state index contributed by atoms with van der Waals surface area (Å²) in [6.45, 7) is 2.20. The van der Waals surface area contributed by atoms with Gasteiger partial charge in [0.05, 0.1) is 0 Å². The van der Waals surface area contributed by atoms with Gasteiger partial charge in [-0.1, -0.05) is 30.3 Å². The fourth-order valence-corrected chi connectivity index (χ4v) is 3.34. The highest BCUT2D eigenvalue weighted by molar-refractivity contribution is 6.07. The molecule has 0 aromatic heterocycles. The number of carbonyl (C=O) groups is 2. The van der Waals surface area contributed by atoms with Crippen molar-refractivity contribution >= 4 is 11.8 Å². The standard InChI is InChI=1S/C18H24N2O2/c1-19(14-15-8-4-2-5-9-15)16(21)18(10-11-18)17(22)20-12-6-3-7-13-20/h2,4-5,8-9H,3,6-7,10-14H2,1H3. The second-order valence-corrected chi connectivity index (χ2v) is 6.58. The van der Waals surface area contributed by atoms with Crippen molar-refractivity contribution in [1.82, 2.24) is 9.80 Å². The number of likely N-dealkylation sites (tertiary alicyclic amines) is 1. The van der Waals surface area contributed by atoms with Crippen LogP contribution in [0, 0.1) is 5.41 Å². The van der Waals surface area contributed by atoms with E-state index in [1.165, 1.54) is 6.42 Å². The van der Waals surface area contributed by atoms with Crippen LogP contribution in [0.3, 0.4) is 0 Å². The van der Waals surface area contributed by atoms with E-state index in [1.807, 2.05) is 35.2 Å². The lowest BCUT2D eigenvalue weighted by atomic mass is 10.0. The molecule has 3 rings (SSSR count). The molecule has 1 aromatic rings. The second-order valence-electron chi connectivity index (χ2n) is 6.58. The van der Waals surface area contributed by atoms with Crippen molar-refractivity contribution < 1.29 is 9.59 Å². The van der Waals surface area contributed by atoms with Crippen LogP contribution in [0.2, 0.25) is 0 Å². The molecule has 22 heavy (non-hydrogen) atoms. The Morgan fingerprint density at radius 2 is 1.73 bits per heavy atom. The largest absolute Gasteiger partial charge is 0.342 e. The van der Waals surface area contributed by atoms with Gasteiger partial charge in [0.1, 0.15) is 5.41 Å². The minimum Gasteiger partial charge on any atom is -0.342 e. The Morgan fingerprint density at radius 1 is 1.09 bits per heavy atom. The van der Waals surface area contributed by atoms with Crippen LogP contribution in [0.1, 0.15) is 37.7 Å². The molecule has 0 radical (unpaired) electrons. The Hall–Kier alpha value is -1.84. The van der Waals surface area contributed by atoms with E-state index in [4.69, 9.17) is 0 Å². The van der Waals surface area contributed by atoms with Gasteiger partial charge in [-0.2, -0.15) is 0 Å². The van der Waals surface area contributed by atoms with E-state index < -0.39 is 5.41 Å². The highest BCUT2D eigenvalue weighted by Gasteiger charge is 2.58. The molecule has 1 aromatic carbocycles. The number of nitrogens with zero attached hydrogens (tertiary/aromatic N) is 2. The maximum Gasteiger partial charge on any atom is 0.238 e. The maximum absolute atomic E-state index is 12.8. The van der Waals surface area contributed by atoms with Gasteiger partial charge < -0.3 is 9.80 Å². The average Bonchev–Trinajstić information content (AvgIpc) is 3.37. The van der Waals surface area contributed by atoms with Crippen molar-refractivity contribution in [3.05, 3.63) is 35.9 Å². The molecule has 2 amide bonds. The summed E-state index contributed by atoms with van der Waals surface area (Å²) in [6.07, 6.45) is 4.74. The van der Waals surface area contributed by atoms with Crippen LogP contribution < -0.4 is 0 Å². The van der Waals surface area contributed by atoms with Crippen LogP contribution in [-0.2, 0) is 16.1 Å². The second kappa shape index (κ2) is 6.11. The monoisotopic (exact) mass is 300 g/mol. The van der Waals surface area contributed by atoms with E-state index in [9.17, 15) is 9.59 Å². The first-order chi connectivity index (χ1) is 10.6. The van der Waals surface area contributed by atoms with Gasteiger partial charge in [-0.05, 0) is 37.7 Å². The minimum atomic E-state index is -0.749. The molecule has 1 aliphatic carbocycles. The number of rotatable bonds is 4. The van der Waals surface area contributed by atoms with Crippen molar-refractivity contribution in [2.45, 2.75) is 38.6 Å². The SMILES string of the molecule is CN(Cc1ccccc1)C(=O)C1(C(=O)N2CCCCC2)CC1. The molecule has 1 saturated heterocycles. The lowest BCUT2D eigenvalue weighted by Crippen LogP contribution is -2.47. The number of amides is 2. The number of piperidine rings is 1. The molecule has 1 heterocycles. The first-order valence-electron chi connectivity index (χ1n) is 8.22. The highest BCUT2D eigenvalue weighted by Crippen LogP contribution is 2.49. The van der Waals surface area contributed by atoms with E-state index >= 15 is 0 Å². The zero-order valence-corrected chi connectivity index (χ0v) is 13.3. The summed E-state index contributed by atoms with van der Waals surface area (Å²) in [5.41, 5.74) is 0.348. The molecule has 118 valence electrons. The van der Waals surface area contributed by atoms with E-state index in [0.29, 0.717) is 19.4 Å². The number of benzene rings is 1. The quantitative estimate of drug-likeness (QED) is 0.801. The van der Waals surface area contributed by atoms with Crippen molar-refractivity contribution in [2.24, 2.45) is 5.41 Å². The summed E-state index contributed by atoms with van der Waals surface area (Å²) in [6, 6.07) is 9.93. The minimum absolute atomic E-state index is 0.00748. The smallest absolute Gasteiger partial charge is 0.238 e. The first kappa shape index (κ1) is 15.1. The molecule has 4 heteroatoms. The van der Waals surface area contributed by atoms with Crippen LogP contribution in [0.4, 0.5) is 0 Å². The van der Waals surface area contributed by atoms with Gasteiger partial charge in [-0.15, -0.1) is 0 Å². The fourth-order valence-electron chi connectivity index (χ4n) is 3.34. The molecule has 1 aliphatic heterocycles. The molecule has 0 atom stereocenters. The van der Waals surface area contributed by atoms with Gasteiger partial charge in [0.25, 0.3) is 0 Å². The third kappa shape index (κ3) is 2.87. The van der Waals surface area contributed by atoms with Crippen LogP contribution in [0.15, 0.2) is 30.3 Å². The Labute approximate surface area is 132 Å². The van der Waals surface area contributed by atoms with E-state index in [0.717, 1.165) is 31.5 Å². The highest BCUT2D eigenvalue weighted by atomic mass is 16.2. The molecule has 0 bridgehead atoms. The van der Waals surface area contributed by atoms with Gasteiger partial charge in [0.15, 0.2) is 0 Å². The van der Waals surface area contributed by atoms with Crippen LogP contribution in [-0.4, -0.2) is 41.8 Å². The predicted molar refractivity (Wildman–Crippen MR) is 85.0 cm³/mol. The molecule has 0 spiro atoms. The van der Waals surface area contributed by atoms with Crippen molar-refractivity contribution in [3.63, 3.8) is 0 Å². The van der Waals surface area contributed by atoms with Crippen molar-refractivity contribution in [3.8, 4) is 0 Å². The Balaban J connectivity index is 1.66. The summed E-state index contributed by atoms with van der Waals surface area (Å²) in [5, 5.41) is 0. The average molecular weight is 300 g/mol. The topological polar surface area (TPSA) is 40.6 Å². The summed E-state index contributed by atoms with van der Waals surface area (Å²) in [7, 11) is 1.80. The third-order valence-electron chi connectivity index (χ3n) is 4.82. The van der Waals surface area contributed by atoms with E-state index in [-0.39, 0.29) is 11.8 Å². The molecule has 4 nitrogen and oxygen atoms in total. The van der Waals surface area contributed by atoms with E-state index in [1.54, 1.807) is 11.9 Å². The number of hydrogen-bond acceptors (Lipinski definition) is 2. The molecule has 2 aliphatic rings. The first-order valence-corrected chi connectivity index (χ1v) is 8.22. The molecule has 0 N–H and O–H groups in total. The fraction of sp³-hybridized carbons (Fsp3) is 0.556. The normalized spacial score (nSPS) is 19.6. The molecular weight excluding hydrogens is 276 g/mol. The van der Waals surface area contributed by atoms with Crippen LogP contribution in [0.5, 0.6) is 0 Å². The molecule has 1 saturated carbocycles. The van der Waals surface area contributed by atoms with Gasteiger partial charge >= 0.3 is 0 Å². The third-order valence-corrected chi connectivity index (χ3v) is 4.82. The van der Waals surface area contributed by atoms with Gasteiger partial charge in [-0.3, -0.25) is 9.59 Å². The molecular formula is C18H24N2O2. The van der Waals surface area contributed by atoms with Gasteiger partial charge in [0.2, 0.25) is 11.8 Å². The Bertz CT molecular complexity index is 545. The van der Waals surface area contributed by atoms with E-state index in [2.05, 4.69) is 0 Å². The lowest BCUT2D eigenvalue weighted by molar-refractivity contribution is -0.149. The number of carbonyl (C=O) groups excluding carboxylic acids is 2. The zero-order chi connectivity index (χ0) is 15.6.